The van der Waals surface area contributed by atoms with Crippen LogP contribution in [0.5, 0.6) is 0 Å². The first kappa shape index (κ1) is 15.6. The van der Waals surface area contributed by atoms with Gasteiger partial charge in [-0.25, -0.2) is 9.18 Å². The van der Waals surface area contributed by atoms with Crippen LogP contribution in [0.25, 0.3) is 0 Å². The lowest BCUT2D eigenvalue weighted by Crippen LogP contribution is -2.16. The number of rotatable bonds is 6. The molecule has 0 atom stereocenters. The molecule has 0 bridgehead atoms. The highest BCUT2D eigenvalue weighted by molar-refractivity contribution is 6.37. The van der Waals surface area contributed by atoms with Crippen molar-refractivity contribution >= 4 is 17.5 Å². The molecule has 0 aliphatic heterocycles. The van der Waals surface area contributed by atoms with E-state index in [2.05, 4.69) is 0 Å². The van der Waals surface area contributed by atoms with Gasteiger partial charge in [0, 0.05) is 24.0 Å². The number of carboxylic acid groups (broad SMARTS) is 1. The molecule has 0 saturated heterocycles. The summed E-state index contributed by atoms with van der Waals surface area (Å²) in [6.07, 6.45) is 0.908. The highest BCUT2D eigenvalue weighted by Crippen LogP contribution is 2.13. The van der Waals surface area contributed by atoms with E-state index in [0.717, 1.165) is 11.3 Å². The zero-order valence-corrected chi connectivity index (χ0v) is 11.9. The summed E-state index contributed by atoms with van der Waals surface area (Å²) in [5.41, 5.74) is 1.94. The average Bonchev–Trinajstić information content (AvgIpc) is 2.82. The summed E-state index contributed by atoms with van der Waals surface area (Å²) in [6, 6.07) is 7.59. The maximum atomic E-state index is 12.9. The molecule has 6 heteroatoms. The van der Waals surface area contributed by atoms with Crippen LogP contribution in [0.15, 0.2) is 36.5 Å². The van der Waals surface area contributed by atoms with Crippen molar-refractivity contribution in [1.82, 2.24) is 4.57 Å². The first-order valence-electron chi connectivity index (χ1n) is 6.57. The molecular formula is C16H14FNO4. The van der Waals surface area contributed by atoms with E-state index >= 15 is 0 Å². The normalized spacial score (nSPS) is 10.5. The number of ketones is 2. The minimum Gasteiger partial charge on any atom is -0.475 e. The number of hydrogen-bond acceptors (Lipinski definition) is 3. The maximum absolute atomic E-state index is 12.9. The van der Waals surface area contributed by atoms with Crippen molar-refractivity contribution in [3.8, 4) is 0 Å². The van der Waals surface area contributed by atoms with Gasteiger partial charge in [0.05, 0.1) is 6.42 Å². The number of carboxylic acids is 1. The van der Waals surface area contributed by atoms with Gasteiger partial charge in [0.15, 0.2) is 5.78 Å². The van der Waals surface area contributed by atoms with Crippen LogP contribution in [0.1, 0.15) is 28.0 Å². The summed E-state index contributed by atoms with van der Waals surface area (Å²) in [7, 11) is 0. The summed E-state index contributed by atoms with van der Waals surface area (Å²) in [6.45, 7) is 2.24. The van der Waals surface area contributed by atoms with Crippen LogP contribution in [-0.2, 0) is 16.1 Å². The minimum atomic E-state index is -1.61. The van der Waals surface area contributed by atoms with Crippen molar-refractivity contribution in [2.45, 2.75) is 19.9 Å². The lowest BCUT2D eigenvalue weighted by atomic mass is 10.1. The second-order valence-electron chi connectivity index (χ2n) is 4.95. The van der Waals surface area contributed by atoms with Gasteiger partial charge in [0.1, 0.15) is 5.82 Å². The predicted molar refractivity (Wildman–Crippen MR) is 76.3 cm³/mol. The van der Waals surface area contributed by atoms with Crippen LogP contribution >= 0.6 is 0 Å². The maximum Gasteiger partial charge on any atom is 0.372 e. The van der Waals surface area contributed by atoms with E-state index in [1.807, 2.05) is 0 Å². The number of aryl methyl sites for hydroxylation is 1. The van der Waals surface area contributed by atoms with Crippen LogP contribution in [0.3, 0.4) is 0 Å². The Balaban J connectivity index is 2.14. The molecule has 1 aromatic heterocycles. The monoisotopic (exact) mass is 303 g/mol. The Bertz CT molecular complexity index is 731. The van der Waals surface area contributed by atoms with Crippen molar-refractivity contribution in [3.63, 3.8) is 0 Å². The molecule has 1 heterocycles. The molecule has 0 aliphatic carbocycles. The highest BCUT2D eigenvalue weighted by atomic mass is 19.1. The molecule has 0 unspecified atom stereocenters. The van der Waals surface area contributed by atoms with Crippen LogP contribution in [0.2, 0.25) is 0 Å². The minimum absolute atomic E-state index is 0.286. The van der Waals surface area contributed by atoms with Gasteiger partial charge in [-0.2, -0.15) is 0 Å². The van der Waals surface area contributed by atoms with E-state index < -0.39 is 24.0 Å². The van der Waals surface area contributed by atoms with Gasteiger partial charge in [-0.15, -0.1) is 0 Å². The highest BCUT2D eigenvalue weighted by Gasteiger charge is 2.19. The van der Waals surface area contributed by atoms with Crippen molar-refractivity contribution in [3.05, 3.63) is 59.2 Å². The molecule has 0 aliphatic rings. The molecule has 0 fully saturated rings. The summed E-state index contributed by atoms with van der Waals surface area (Å²) < 4.78 is 14.7. The molecule has 22 heavy (non-hydrogen) atoms. The number of carbonyl (C=O) groups is 3. The zero-order chi connectivity index (χ0) is 16.3. The third-order valence-corrected chi connectivity index (χ3v) is 3.26. The molecule has 0 radical (unpaired) electrons. The van der Waals surface area contributed by atoms with Crippen molar-refractivity contribution in [2.75, 3.05) is 0 Å². The van der Waals surface area contributed by atoms with Crippen LogP contribution in [-0.4, -0.2) is 27.2 Å². The number of nitrogens with zero attached hydrogens (tertiary/aromatic N) is 1. The summed E-state index contributed by atoms with van der Waals surface area (Å²) in [4.78, 5) is 33.4. The van der Waals surface area contributed by atoms with Gasteiger partial charge in [0.2, 0.25) is 5.78 Å². The fourth-order valence-electron chi connectivity index (χ4n) is 2.05. The SMILES string of the molecule is Cc1cc(C(=O)CC(=O)C(=O)O)cn1Cc1ccc(F)cc1. The van der Waals surface area contributed by atoms with Crippen molar-refractivity contribution in [1.29, 1.82) is 0 Å². The number of carbonyl (C=O) groups excluding carboxylic acids is 2. The van der Waals surface area contributed by atoms with Gasteiger partial charge in [-0.05, 0) is 30.7 Å². The second-order valence-corrected chi connectivity index (χ2v) is 4.95. The van der Waals surface area contributed by atoms with E-state index in [-0.39, 0.29) is 11.4 Å². The second kappa shape index (κ2) is 6.34. The van der Waals surface area contributed by atoms with Crippen LogP contribution in [0.4, 0.5) is 4.39 Å². The van der Waals surface area contributed by atoms with Crippen molar-refractivity contribution < 1.29 is 23.9 Å². The molecule has 0 spiro atoms. The number of aromatic nitrogens is 1. The van der Waals surface area contributed by atoms with Gasteiger partial charge in [-0.3, -0.25) is 9.59 Å². The van der Waals surface area contributed by atoms with E-state index in [1.54, 1.807) is 35.9 Å². The third kappa shape index (κ3) is 3.66. The topological polar surface area (TPSA) is 76.4 Å². The van der Waals surface area contributed by atoms with E-state index in [4.69, 9.17) is 5.11 Å². The number of aliphatic carboxylic acids is 1. The Morgan fingerprint density at radius 1 is 1.18 bits per heavy atom. The molecule has 0 amide bonds. The van der Waals surface area contributed by atoms with Gasteiger partial charge in [0.25, 0.3) is 0 Å². The molecule has 1 aromatic carbocycles. The molecule has 0 saturated carbocycles. The molecule has 2 rings (SSSR count). The lowest BCUT2D eigenvalue weighted by molar-refractivity contribution is -0.148. The lowest BCUT2D eigenvalue weighted by Gasteiger charge is -2.05. The fourth-order valence-corrected chi connectivity index (χ4v) is 2.05. The summed E-state index contributed by atoms with van der Waals surface area (Å²) >= 11 is 0. The van der Waals surface area contributed by atoms with E-state index in [0.29, 0.717) is 6.54 Å². The number of Topliss-reactive ketones (excluding diaryl/α,β-unsaturated/α-hetero) is 2. The molecule has 5 nitrogen and oxygen atoms in total. The van der Waals surface area contributed by atoms with Crippen LogP contribution in [0, 0.1) is 12.7 Å². The Hall–Kier alpha value is -2.76. The quantitative estimate of drug-likeness (QED) is 0.504. The van der Waals surface area contributed by atoms with Crippen molar-refractivity contribution in [2.24, 2.45) is 0 Å². The Labute approximate surface area is 126 Å². The number of hydrogen-bond donors (Lipinski definition) is 1. The molecule has 114 valence electrons. The first-order valence-corrected chi connectivity index (χ1v) is 6.57. The van der Waals surface area contributed by atoms with Gasteiger partial charge in [-0.1, -0.05) is 12.1 Å². The van der Waals surface area contributed by atoms with E-state index in [9.17, 15) is 18.8 Å². The largest absolute Gasteiger partial charge is 0.475 e. The fraction of sp³-hybridized carbons (Fsp3) is 0.188. The average molecular weight is 303 g/mol. The Morgan fingerprint density at radius 2 is 1.82 bits per heavy atom. The number of benzene rings is 1. The third-order valence-electron chi connectivity index (χ3n) is 3.26. The van der Waals surface area contributed by atoms with Crippen LogP contribution < -0.4 is 0 Å². The Morgan fingerprint density at radius 3 is 2.41 bits per heavy atom. The zero-order valence-electron chi connectivity index (χ0n) is 11.9. The summed E-state index contributed by atoms with van der Waals surface area (Å²) in [5.74, 6) is -3.60. The summed E-state index contributed by atoms with van der Waals surface area (Å²) in [5, 5.41) is 8.52. The molecule has 1 N–H and O–H groups in total. The smallest absolute Gasteiger partial charge is 0.372 e. The first-order chi connectivity index (χ1) is 10.4. The molecule has 2 aromatic rings. The Kier molecular flexibility index (Phi) is 4.50. The number of halogens is 1. The van der Waals surface area contributed by atoms with Gasteiger partial charge < -0.3 is 9.67 Å². The van der Waals surface area contributed by atoms with Gasteiger partial charge >= 0.3 is 5.97 Å². The van der Waals surface area contributed by atoms with E-state index in [1.165, 1.54) is 12.1 Å². The molecular weight excluding hydrogens is 289 g/mol. The standard InChI is InChI=1S/C16H14FNO4/c1-10-6-12(14(19)7-15(20)16(21)22)9-18(10)8-11-2-4-13(17)5-3-11/h2-6,9H,7-8H2,1H3,(H,21,22). The predicted octanol–water partition coefficient (Wildman–Crippen LogP) is 2.21.